The van der Waals surface area contributed by atoms with Gasteiger partial charge in [-0.15, -0.1) is 0 Å². The molecule has 1 N–H and O–H groups in total. The first kappa shape index (κ1) is 10.2. The fourth-order valence-corrected chi connectivity index (χ4v) is 2.16. The molecule has 0 atom stereocenters. The van der Waals surface area contributed by atoms with E-state index in [1.165, 1.54) is 0 Å². The van der Waals surface area contributed by atoms with Gasteiger partial charge in [-0.05, 0) is 37.0 Å². The van der Waals surface area contributed by atoms with Crippen LogP contribution in [0.25, 0.3) is 11.0 Å². The topological polar surface area (TPSA) is 59.7 Å². The van der Waals surface area contributed by atoms with Crippen LogP contribution >= 0.6 is 0 Å². The second kappa shape index (κ2) is 3.52. The Balaban J connectivity index is 2.28. The van der Waals surface area contributed by atoms with Crippen molar-refractivity contribution in [1.29, 1.82) is 0 Å². The van der Waals surface area contributed by atoms with E-state index in [4.69, 9.17) is 14.3 Å². The van der Waals surface area contributed by atoms with E-state index in [0.717, 1.165) is 29.5 Å². The van der Waals surface area contributed by atoms with Gasteiger partial charge in [0.2, 0.25) is 5.76 Å². The second-order valence-electron chi connectivity index (χ2n) is 4.29. The van der Waals surface area contributed by atoms with E-state index in [-0.39, 0.29) is 5.76 Å². The van der Waals surface area contributed by atoms with Crippen LogP contribution < -0.4 is 4.74 Å². The van der Waals surface area contributed by atoms with Crippen LogP contribution in [0.4, 0.5) is 0 Å². The van der Waals surface area contributed by atoms with Gasteiger partial charge in [0.1, 0.15) is 11.3 Å². The zero-order valence-corrected chi connectivity index (χ0v) is 9.40. The van der Waals surface area contributed by atoms with Gasteiger partial charge in [-0.2, -0.15) is 0 Å². The highest BCUT2D eigenvalue weighted by molar-refractivity contribution is 5.96. The Hall–Kier alpha value is -1.97. The molecule has 3 rings (SSSR count). The predicted molar refractivity (Wildman–Crippen MR) is 61.7 cm³/mol. The number of ether oxygens (including phenoxy) is 1. The average molecular weight is 232 g/mol. The number of benzene rings is 1. The second-order valence-corrected chi connectivity index (χ2v) is 4.29. The van der Waals surface area contributed by atoms with Crippen molar-refractivity contribution in [2.24, 2.45) is 0 Å². The summed E-state index contributed by atoms with van der Waals surface area (Å²) in [5.74, 6) is 0.129. The van der Waals surface area contributed by atoms with Gasteiger partial charge in [0.25, 0.3) is 0 Å². The molecule has 88 valence electrons. The lowest BCUT2D eigenvalue weighted by atomic mass is 10.1. The molecule has 1 aromatic heterocycles. The molecule has 1 saturated carbocycles. The third-order valence-corrected chi connectivity index (χ3v) is 3.11. The third kappa shape index (κ3) is 1.56. The summed E-state index contributed by atoms with van der Waals surface area (Å²) in [6.45, 7) is 0. The van der Waals surface area contributed by atoms with Gasteiger partial charge in [0.15, 0.2) is 0 Å². The lowest BCUT2D eigenvalue weighted by Crippen LogP contribution is -1.97. The molecule has 1 aliphatic rings. The first-order valence-electron chi connectivity index (χ1n) is 5.54. The number of hydrogen-bond acceptors (Lipinski definition) is 3. The van der Waals surface area contributed by atoms with Crippen molar-refractivity contribution in [1.82, 2.24) is 0 Å². The molecule has 1 heterocycles. The molecule has 0 bridgehead atoms. The summed E-state index contributed by atoms with van der Waals surface area (Å²) in [7, 11) is 1.59. The molecule has 1 fully saturated rings. The minimum atomic E-state index is -0.998. The summed E-state index contributed by atoms with van der Waals surface area (Å²) in [6.07, 6.45) is 2.07. The molecule has 0 unspecified atom stereocenters. The Morgan fingerprint density at radius 3 is 2.82 bits per heavy atom. The first-order valence-corrected chi connectivity index (χ1v) is 5.54. The molecule has 0 radical (unpaired) electrons. The maximum Gasteiger partial charge on any atom is 0.372 e. The van der Waals surface area contributed by atoms with Crippen LogP contribution in [-0.4, -0.2) is 18.2 Å². The summed E-state index contributed by atoms with van der Waals surface area (Å²) in [4.78, 5) is 11.2. The zero-order chi connectivity index (χ0) is 12.0. The largest absolute Gasteiger partial charge is 0.497 e. The molecule has 1 aliphatic carbocycles. The number of carbonyl (C=O) groups is 1. The Labute approximate surface area is 97.8 Å². The molecule has 2 aromatic rings. The van der Waals surface area contributed by atoms with Crippen LogP contribution in [0.1, 0.15) is 34.9 Å². The third-order valence-electron chi connectivity index (χ3n) is 3.11. The molecule has 0 saturated heterocycles. The SMILES string of the molecule is COc1ccc2oc(C(=O)O)c(C3CC3)c2c1. The highest BCUT2D eigenvalue weighted by atomic mass is 16.5. The zero-order valence-electron chi connectivity index (χ0n) is 9.40. The molecular weight excluding hydrogens is 220 g/mol. The number of methoxy groups -OCH3 is 1. The van der Waals surface area contributed by atoms with Gasteiger partial charge < -0.3 is 14.3 Å². The Morgan fingerprint density at radius 2 is 2.24 bits per heavy atom. The maximum atomic E-state index is 11.2. The predicted octanol–water partition coefficient (Wildman–Crippen LogP) is 3.02. The van der Waals surface area contributed by atoms with E-state index < -0.39 is 5.97 Å². The number of aromatic carboxylic acids is 1. The lowest BCUT2D eigenvalue weighted by molar-refractivity contribution is 0.0663. The summed E-state index contributed by atoms with van der Waals surface area (Å²) in [6, 6.07) is 5.37. The van der Waals surface area contributed by atoms with Crippen molar-refractivity contribution >= 4 is 16.9 Å². The molecule has 1 aromatic carbocycles. The number of carboxylic acid groups (broad SMARTS) is 1. The van der Waals surface area contributed by atoms with Crippen LogP contribution in [0.3, 0.4) is 0 Å². The van der Waals surface area contributed by atoms with Crippen molar-refractivity contribution in [3.63, 3.8) is 0 Å². The van der Waals surface area contributed by atoms with Gasteiger partial charge in [-0.1, -0.05) is 0 Å². The van der Waals surface area contributed by atoms with Gasteiger partial charge in [0.05, 0.1) is 7.11 Å². The van der Waals surface area contributed by atoms with Crippen LogP contribution in [0, 0.1) is 0 Å². The summed E-state index contributed by atoms with van der Waals surface area (Å²) in [5.41, 5.74) is 1.44. The first-order chi connectivity index (χ1) is 8.20. The highest BCUT2D eigenvalue weighted by Gasteiger charge is 2.33. The van der Waals surface area contributed by atoms with E-state index in [1.54, 1.807) is 19.2 Å². The van der Waals surface area contributed by atoms with Crippen LogP contribution in [0.15, 0.2) is 22.6 Å². The molecule has 4 heteroatoms. The van der Waals surface area contributed by atoms with E-state index in [0.29, 0.717) is 11.5 Å². The fourth-order valence-electron chi connectivity index (χ4n) is 2.16. The van der Waals surface area contributed by atoms with Gasteiger partial charge in [0, 0.05) is 10.9 Å². The Morgan fingerprint density at radius 1 is 1.47 bits per heavy atom. The summed E-state index contributed by atoms with van der Waals surface area (Å²) in [5, 5.41) is 10.0. The summed E-state index contributed by atoms with van der Waals surface area (Å²) < 4.78 is 10.6. The van der Waals surface area contributed by atoms with Gasteiger partial charge in [-0.25, -0.2) is 4.79 Å². The Bertz CT molecular complexity index is 593. The number of carboxylic acids is 1. The van der Waals surface area contributed by atoms with Gasteiger partial charge in [-0.3, -0.25) is 0 Å². The quantitative estimate of drug-likeness (QED) is 0.883. The fraction of sp³-hybridized carbons (Fsp3) is 0.308. The molecule has 4 nitrogen and oxygen atoms in total. The Kier molecular flexibility index (Phi) is 2.11. The van der Waals surface area contributed by atoms with Crippen LogP contribution in [0.5, 0.6) is 5.75 Å². The van der Waals surface area contributed by atoms with E-state index >= 15 is 0 Å². The minimum absolute atomic E-state index is 0.0794. The van der Waals surface area contributed by atoms with E-state index in [1.807, 2.05) is 6.07 Å². The average Bonchev–Trinajstić information content (AvgIpc) is 3.08. The van der Waals surface area contributed by atoms with Crippen molar-refractivity contribution in [3.8, 4) is 5.75 Å². The molecule has 0 aliphatic heterocycles. The van der Waals surface area contributed by atoms with E-state index in [2.05, 4.69) is 0 Å². The standard InChI is InChI=1S/C13H12O4/c1-16-8-4-5-10-9(6-8)11(7-2-3-7)12(17-10)13(14)15/h4-7H,2-3H2,1H3,(H,14,15). The van der Waals surface area contributed by atoms with E-state index in [9.17, 15) is 4.79 Å². The maximum absolute atomic E-state index is 11.2. The monoisotopic (exact) mass is 232 g/mol. The normalized spacial score (nSPS) is 15.1. The number of furan rings is 1. The molecular formula is C13H12O4. The smallest absolute Gasteiger partial charge is 0.372 e. The molecule has 0 amide bonds. The van der Waals surface area contributed by atoms with Crippen molar-refractivity contribution in [2.75, 3.05) is 7.11 Å². The number of rotatable bonds is 3. The van der Waals surface area contributed by atoms with Crippen molar-refractivity contribution in [3.05, 3.63) is 29.5 Å². The van der Waals surface area contributed by atoms with Crippen molar-refractivity contribution in [2.45, 2.75) is 18.8 Å². The highest BCUT2D eigenvalue weighted by Crippen LogP contribution is 2.46. The van der Waals surface area contributed by atoms with Crippen LogP contribution in [-0.2, 0) is 0 Å². The van der Waals surface area contributed by atoms with Crippen molar-refractivity contribution < 1.29 is 19.1 Å². The lowest BCUT2D eigenvalue weighted by Gasteiger charge is -1.99. The van der Waals surface area contributed by atoms with Gasteiger partial charge >= 0.3 is 5.97 Å². The summed E-state index contributed by atoms with van der Waals surface area (Å²) >= 11 is 0. The molecule has 17 heavy (non-hydrogen) atoms. The molecule has 0 spiro atoms. The minimum Gasteiger partial charge on any atom is -0.497 e. The van der Waals surface area contributed by atoms with Crippen LogP contribution in [0.2, 0.25) is 0 Å². The number of fused-ring (bicyclic) bond motifs is 1. The number of hydrogen-bond donors (Lipinski definition) is 1.